The molecule has 0 bridgehead atoms. The summed E-state index contributed by atoms with van der Waals surface area (Å²) < 4.78 is 76.5. The Morgan fingerprint density at radius 2 is 1.50 bits per heavy atom. The lowest BCUT2D eigenvalue weighted by Gasteiger charge is -2.26. The molecular weight excluding hydrogens is 340 g/mol. The predicted molar refractivity (Wildman–Crippen MR) is 74.4 cm³/mol. The first kappa shape index (κ1) is 18.5. The smallest absolute Gasteiger partial charge is 0.325 e. The topological polar surface area (TPSA) is 44.4 Å². The molecule has 1 heterocycles. The molecule has 4 nitrogen and oxygen atoms in total. The maximum absolute atomic E-state index is 12.8. The van der Waals surface area contributed by atoms with Crippen LogP contribution in [0.5, 0.6) is 0 Å². The fourth-order valence-electron chi connectivity index (χ4n) is 2.30. The third-order valence-electron chi connectivity index (χ3n) is 3.45. The van der Waals surface area contributed by atoms with E-state index in [1.54, 1.807) is 4.90 Å². The van der Waals surface area contributed by atoms with Crippen molar-refractivity contribution in [2.75, 3.05) is 38.0 Å². The fraction of sp³-hybridized carbons (Fsp3) is 0.500. The molecule has 2 N–H and O–H groups in total. The van der Waals surface area contributed by atoms with Gasteiger partial charge in [-0.3, -0.25) is 9.69 Å². The first-order valence-corrected chi connectivity index (χ1v) is 7.08. The standard InChI is InChI=1S/C14H15F6N3O/c15-13(16,17)9-5-10(14(18,19)20)7-11(6-9)22-12(24)8-23-3-1-21-2-4-23/h5-7,21H,1-4,8H2,(H,22,24). The van der Waals surface area contributed by atoms with Crippen molar-refractivity contribution in [1.29, 1.82) is 0 Å². The second-order valence-corrected chi connectivity index (χ2v) is 5.37. The summed E-state index contributed by atoms with van der Waals surface area (Å²) in [6.45, 7) is 2.37. The molecule has 2 rings (SSSR count). The molecule has 0 unspecified atom stereocenters. The van der Waals surface area contributed by atoms with Gasteiger partial charge >= 0.3 is 12.4 Å². The molecule has 0 spiro atoms. The van der Waals surface area contributed by atoms with E-state index in [2.05, 4.69) is 10.6 Å². The third kappa shape index (κ3) is 5.10. The highest BCUT2D eigenvalue weighted by Gasteiger charge is 2.37. The Bertz CT molecular complexity index is 561. The van der Waals surface area contributed by atoms with E-state index in [-0.39, 0.29) is 12.6 Å². The molecule has 0 saturated carbocycles. The second-order valence-electron chi connectivity index (χ2n) is 5.37. The Balaban J connectivity index is 2.17. The number of anilines is 1. The molecule has 1 amide bonds. The zero-order valence-electron chi connectivity index (χ0n) is 12.4. The van der Waals surface area contributed by atoms with Crippen molar-refractivity contribution in [3.8, 4) is 0 Å². The Hall–Kier alpha value is -1.81. The molecule has 1 aromatic carbocycles. The molecule has 1 aromatic rings. The first-order valence-electron chi connectivity index (χ1n) is 7.08. The molecule has 134 valence electrons. The van der Waals surface area contributed by atoms with Crippen LogP contribution in [0.3, 0.4) is 0 Å². The van der Waals surface area contributed by atoms with E-state index >= 15 is 0 Å². The number of carbonyl (C=O) groups is 1. The van der Waals surface area contributed by atoms with E-state index in [1.165, 1.54) is 0 Å². The molecule has 1 saturated heterocycles. The predicted octanol–water partition coefficient (Wildman–Crippen LogP) is 2.57. The summed E-state index contributed by atoms with van der Waals surface area (Å²) in [5.74, 6) is -0.663. The summed E-state index contributed by atoms with van der Waals surface area (Å²) in [6, 6.07) is 1.00. The molecular formula is C14H15F6N3O. The number of hydrogen-bond donors (Lipinski definition) is 2. The van der Waals surface area contributed by atoms with E-state index in [4.69, 9.17) is 0 Å². The van der Waals surface area contributed by atoms with Gasteiger partial charge in [-0.2, -0.15) is 26.3 Å². The van der Waals surface area contributed by atoms with Crippen LogP contribution in [-0.4, -0.2) is 43.5 Å². The first-order chi connectivity index (χ1) is 11.1. The van der Waals surface area contributed by atoms with Crippen LogP contribution in [0.15, 0.2) is 18.2 Å². The SMILES string of the molecule is O=C(CN1CCNCC1)Nc1cc(C(F)(F)F)cc(C(F)(F)F)c1. The Kier molecular flexibility index (Phi) is 5.38. The zero-order chi connectivity index (χ0) is 18.0. The van der Waals surface area contributed by atoms with Gasteiger partial charge in [0.05, 0.1) is 17.7 Å². The van der Waals surface area contributed by atoms with E-state index in [0.29, 0.717) is 38.3 Å². The largest absolute Gasteiger partial charge is 0.416 e. The molecule has 0 aliphatic carbocycles. The lowest BCUT2D eigenvalue weighted by molar-refractivity contribution is -0.143. The summed E-state index contributed by atoms with van der Waals surface area (Å²) >= 11 is 0. The minimum atomic E-state index is -4.95. The van der Waals surface area contributed by atoms with Crippen LogP contribution in [-0.2, 0) is 17.1 Å². The van der Waals surface area contributed by atoms with Crippen LogP contribution in [0.25, 0.3) is 0 Å². The summed E-state index contributed by atoms with van der Waals surface area (Å²) in [7, 11) is 0. The van der Waals surface area contributed by atoms with Crippen molar-refractivity contribution in [2.24, 2.45) is 0 Å². The molecule has 10 heteroatoms. The summed E-state index contributed by atoms with van der Waals surface area (Å²) in [5, 5.41) is 5.18. The minimum absolute atomic E-state index is 0.0198. The lowest BCUT2D eigenvalue weighted by Crippen LogP contribution is -2.46. The van der Waals surface area contributed by atoms with Gasteiger partial charge in [0.15, 0.2) is 0 Å². The highest BCUT2D eigenvalue weighted by Crippen LogP contribution is 2.37. The van der Waals surface area contributed by atoms with Crippen molar-refractivity contribution < 1.29 is 31.1 Å². The molecule has 1 aliphatic rings. The molecule has 1 fully saturated rings. The molecule has 1 aliphatic heterocycles. The van der Waals surface area contributed by atoms with Crippen LogP contribution in [0.1, 0.15) is 11.1 Å². The highest BCUT2D eigenvalue weighted by molar-refractivity contribution is 5.92. The number of halogens is 6. The van der Waals surface area contributed by atoms with Crippen molar-refractivity contribution in [2.45, 2.75) is 12.4 Å². The van der Waals surface area contributed by atoms with Gasteiger partial charge < -0.3 is 10.6 Å². The number of alkyl halides is 6. The lowest BCUT2D eigenvalue weighted by atomic mass is 10.1. The number of nitrogens with one attached hydrogen (secondary N) is 2. The summed E-state index contributed by atoms with van der Waals surface area (Å²) in [4.78, 5) is 13.6. The quantitative estimate of drug-likeness (QED) is 0.820. The van der Waals surface area contributed by atoms with Gasteiger partial charge in [-0.25, -0.2) is 0 Å². The molecule has 0 aromatic heterocycles. The van der Waals surface area contributed by atoms with Crippen LogP contribution >= 0.6 is 0 Å². The van der Waals surface area contributed by atoms with Crippen LogP contribution in [0.2, 0.25) is 0 Å². The van der Waals surface area contributed by atoms with Crippen LogP contribution in [0, 0.1) is 0 Å². The van der Waals surface area contributed by atoms with Crippen LogP contribution < -0.4 is 10.6 Å². The number of amides is 1. The average Bonchev–Trinajstić information content (AvgIpc) is 2.46. The van der Waals surface area contributed by atoms with Crippen molar-refractivity contribution in [1.82, 2.24) is 10.2 Å². The number of rotatable bonds is 3. The van der Waals surface area contributed by atoms with Gasteiger partial charge in [-0.05, 0) is 18.2 Å². The van der Waals surface area contributed by atoms with E-state index in [0.717, 1.165) is 0 Å². The van der Waals surface area contributed by atoms with Gasteiger partial charge in [-0.1, -0.05) is 0 Å². The third-order valence-corrected chi connectivity index (χ3v) is 3.45. The summed E-state index contributed by atoms with van der Waals surface area (Å²) in [5.41, 5.74) is -3.46. The van der Waals surface area contributed by atoms with Gasteiger partial charge in [0, 0.05) is 31.9 Å². The number of carbonyl (C=O) groups excluding carboxylic acids is 1. The normalized spacial score (nSPS) is 16.9. The van der Waals surface area contributed by atoms with E-state index in [1.807, 2.05) is 0 Å². The Morgan fingerprint density at radius 3 is 1.96 bits per heavy atom. The van der Waals surface area contributed by atoms with Crippen LogP contribution in [0.4, 0.5) is 32.0 Å². The van der Waals surface area contributed by atoms with Crippen molar-refractivity contribution in [3.05, 3.63) is 29.3 Å². The maximum Gasteiger partial charge on any atom is 0.416 e. The van der Waals surface area contributed by atoms with Gasteiger partial charge in [0.2, 0.25) is 5.91 Å². The average molecular weight is 355 g/mol. The Morgan fingerprint density at radius 1 is 1.00 bits per heavy atom. The van der Waals surface area contributed by atoms with Gasteiger partial charge in [0.1, 0.15) is 0 Å². The van der Waals surface area contributed by atoms with Crippen molar-refractivity contribution >= 4 is 11.6 Å². The fourth-order valence-corrected chi connectivity index (χ4v) is 2.30. The minimum Gasteiger partial charge on any atom is -0.325 e. The second kappa shape index (κ2) is 6.98. The van der Waals surface area contributed by atoms with Gasteiger partial charge in [-0.15, -0.1) is 0 Å². The number of nitrogens with zero attached hydrogens (tertiary/aromatic N) is 1. The summed E-state index contributed by atoms with van der Waals surface area (Å²) in [6.07, 6.45) is -9.89. The van der Waals surface area contributed by atoms with E-state index < -0.39 is 35.1 Å². The number of piperazine rings is 1. The monoisotopic (exact) mass is 355 g/mol. The zero-order valence-corrected chi connectivity index (χ0v) is 12.4. The van der Waals surface area contributed by atoms with Gasteiger partial charge in [0.25, 0.3) is 0 Å². The Labute approximate surface area is 133 Å². The molecule has 24 heavy (non-hydrogen) atoms. The number of hydrogen-bond acceptors (Lipinski definition) is 3. The maximum atomic E-state index is 12.8. The number of benzene rings is 1. The molecule has 0 atom stereocenters. The van der Waals surface area contributed by atoms with E-state index in [9.17, 15) is 31.1 Å². The molecule has 0 radical (unpaired) electrons. The highest BCUT2D eigenvalue weighted by atomic mass is 19.4. The van der Waals surface area contributed by atoms with Crippen molar-refractivity contribution in [3.63, 3.8) is 0 Å².